The lowest BCUT2D eigenvalue weighted by Gasteiger charge is -2.20. The SMILES string of the molecule is CNC[C@H]1CCN(S(=O)(=O)c2c(C)cc(C)cc2C)C1. The first kappa shape index (κ1) is 15.5. The lowest BCUT2D eigenvalue weighted by Crippen LogP contribution is -2.31. The van der Waals surface area contributed by atoms with E-state index < -0.39 is 10.0 Å². The number of aryl methyl sites for hydroxylation is 3. The summed E-state index contributed by atoms with van der Waals surface area (Å²) in [6.45, 7) is 7.88. The Kier molecular flexibility index (Phi) is 4.52. The maximum atomic E-state index is 12.8. The van der Waals surface area contributed by atoms with Crippen LogP contribution >= 0.6 is 0 Å². The van der Waals surface area contributed by atoms with Crippen LogP contribution in [0.15, 0.2) is 17.0 Å². The molecule has 1 fully saturated rings. The van der Waals surface area contributed by atoms with E-state index in [0.717, 1.165) is 29.7 Å². The lowest BCUT2D eigenvalue weighted by molar-refractivity contribution is 0.450. The van der Waals surface area contributed by atoms with E-state index in [9.17, 15) is 8.42 Å². The molecule has 1 aliphatic heterocycles. The predicted octanol–water partition coefficient (Wildman–Crippen LogP) is 1.84. The quantitative estimate of drug-likeness (QED) is 0.922. The van der Waals surface area contributed by atoms with Gasteiger partial charge in [0.05, 0.1) is 4.90 Å². The van der Waals surface area contributed by atoms with Crippen LogP contribution in [0.25, 0.3) is 0 Å². The van der Waals surface area contributed by atoms with E-state index in [-0.39, 0.29) is 0 Å². The van der Waals surface area contributed by atoms with E-state index in [1.165, 1.54) is 0 Å². The van der Waals surface area contributed by atoms with E-state index >= 15 is 0 Å². The Bertz CT molecular complexity index is 573. The molecule has 1 atom stereocenters. The van der Waals surface area contributed by atoms with Crippen molar-refractivity contribution in [3.63, 3.8) is 0 Å². The van der Waals surface area contributed by atoms with Crippen LogP contribution in [0, 0.1) is 26.7 Å². The molecule has 1 N–H and O–H groups in total. The van der Waals surface area contributed by atoms with Crippen molar-refractivity contribution >= 4 is 10.0 Å². The van der Waals surface area contributed by atoms with Crippen molar-refractivity contribution in [1.82, 2.24) is 9.62 Å². The van der Waals surface area contributed by atoms with Gasteiger partial charge in [0.2, 0.25) is 10.0 Å². The van der Waals surface area contributed by atoms with E-state index in [1.807, 2.05) is 40.0 Å². The normalized spacial score (nSPS) is 20.5. The Morgan fingerprint density at radius 1 is 1.25 bits per heavy atom. The van der Waals surface area contributed by atoms with E-state index in [2.05, 4.69) is 5.32 Å². The monoisotopic (exact) mass is 296 g/mol. The van der Waals surface area contributed by atoms with Crippen molar-refractivity contribution in [1.29, 1.82) is 0 Å². The first-order valence-corrected chi connectivity index (χ1v) is 8.53. The standard InChI is InChI=1S/C15H24N2O2S/c1-11-7-12(2)15(13(3)8-11)20(18,19)17-6-5-14(10-17)9-16-4/h7-8,14,16H,5-6,9-10H2,1-4H3/t14-/m1/s1. The second-order valence-electron chi connectivity index (χ2n) is 5.80. The summed E-state index contributed by atoms with van der Waals surface area (Å²) < 4.78 is 27.3. The van der Waals surface area contributed by atoms with Gasteiger partial charge in [-0.2, -0.15) is 4.31 Å². The van der Waals surface area contributed by atoms with Crippen molar-refractivity contribution in [3.05, 3.63) is 28.8 Å². The third-order valence-electron chi connectivity index (χ3n) is 3.94. The Morgan fingerprint density at radius 2 is 1.85 bits per heavy atom. The van der Waals surface area contributed by atoms with Gasteiger partial charge >= 0.3 is 0 Å². The molecule has 5 heteroatoms. The topological polar surface area (TPSA) is 49.4 Å². The van der Waals surface area contributed by atoms with Gasteiger partial charge in [-0.15, -0.1) is 0 Å². The van der Waals surface area contributed by atoms with Crippen LogP contribution in [0.4, 0.5) is 0 Å². The Balaban J connectivity index is 2.33. The molecule has 0 amide bonds. The highest BCUT2D eigenvalue weighted by Crippen LogP contribution is 2.29. The maximum Gasteiger partial charge on any atom is 0.243 e. The fourth-order valence-corrected chi connectivity index (χ4v) is 5.12. The molecular weight excluding hydrogens is 272 g/mol. The summed E-state index contributed by atoms with van der Waals surface area (Å²) in [6, 6.07) is 3.89. The van der Waals surface area contributed by atoms with Crippen molar-refractivity contribution in [2.24, 2.45) is 5.92 Å². The van der Waals surface area contributed by atoms with Crippen LogP contribution in [0.5, 0.6) is 0 Å². The molecule has 0 bridgehead atoms. The molecule has 0 saturated carbocycles. The minimum atomic E-state index is -3.36. The highest BCUT2D eigenvalue weighted by atomic mass is 32.2. The molecule has 1 heterocycles. The van der Waals surface area contributed by atoms with Gasteiger partial charge in [-0.3, -0.25) is 0 Å². The van der Waals surface area contributed by atoms with Gasteiger partial charge in [-0.25, -0.2) is 8.42 Å². The zero-order chi connectivity index (χ0) is 14.9. The third-order valence-corrected chi connectivity index (χ3v) is 6.12. The lowest BCUT2D eigenvalue weighted by atomic mass is 10.1. The van der Waals surface area contributed by atoms with Crippen molar-refractivity contribution in [2.75, 3.05) is 26.7 Å². The second kappa shape index (κ2) is 5.84. The third kappa shape index (κ3) is 2.90. The number of hydrogen-bond acceptors (Lipinski definition) is 3. The van der Waals surface area contributed by atoms with E-state index in [1.54, 1.807) is 4.31 Å². The average molecular weight is 296 g/mol. The summed E-state index contributed by atoms with van der Waals surface area (Å²) in [5, 5.41) is 3.13. The maximum absolute atomic E-state index is 12.8. The van der Waals surface area contributed by atoms with E-state index in [4.69, 9.17) is 0 Å². The highest BCUT2D eigenvalue weighted by Gasteiger charge is 2.33. The zero-order valence-electron chi connectivity index (χ0n) is 12.7. The minimum Gasteiger partial charge on any atom is -0.319 e. The summed E-state index contributed by atoms with van der Waals surface area (Å²) in [6.07, 6.45) is 0.935. The fourth-order valence-electron chi connectivity index (χ4n) is 3.17. The molecule has 0 aliphatic carbocycles. The van der Waals surface area contributed by atoms with Gasteiger partial charge in [0.15, 0.2) is 0 Å². The molecule has 1 aromatic rings. The van der Waals surface area contributed by atoms with Crippen molar-refractivity contribution < 1.29 is 8.42 Å². The average Bonchev–Trinajstić information content (AvgIpc) is 2.76. The van der Waals surface area contributed by atoms with Gasteiger partial charge in [0.1, 0.15) is 0 Å². The first-order valence-electron chi connectivity index (χ1n) is 7.09. The molecule has 112 valence electrons. The molecule has 0 spiro atoms. The number of nitrogens with zero attached hydrogens (tertiary/aromatic N) is 1. The minimum absolute atomic E-state index is 0.417. The number of hydrogen-bond donors (Lipinski definition) is 1. The molecule has 20 heavy (non-hydrogen) atoms. The predicted molar refractivity (Wildman–Crippen MR) is 81.4 cm³/mol. The smallest absolute Gasteiger partial charge is 0.243 e. The summed E-state index contributed by atoms with van der Waals surface area (Å²) in [5.41, 5.74) is 2.80. The molecule has 0 radical (unpaired) electrons. The summed E-state index contributed by atoms with van der Waals surface area (Å²) >= 11 is 0. The van der Waals surface area contributed by atoms with Gasteiger partial charge in [0, 0.05) is 13.1 Å². The Hall–Kier alpha value is -0.910. The van der Waals surface area contributed by atoms with Crippen LogP contribution in [0.3, 0.4) is 0 Å². The molecule has 0 unspecified atom stereocenters. The van der Waals surface area contributed by atoms with Crippen LogP contribution in [-0.4, -0.2) is 39.4 Å². The molecule has 4 nitrogen and oxygen atoms in total. The van der Waals surface area contributed by atoms with Gasteiger partial charge in [-0.05, 0) is 57.8 Å². The molecule has 1 aromatic carbocycles. The number of sulfonamides is 1. The Labute approximate surface area is 122 Å². The largest absolute Gasteiger partial charge is 0.319 e. The molecule has 2 rings (SSSR count). The Morgan fingerprint density at radius 3 is 2.40 bits per heavy atom. The number of nitrogens with one attached hydrogen (secondary N) is 1. The van der Waals surface area contributed by atoms with E-state index in [0.29, 0.717) is 23.9 Å². The summed E-state index contributed by atoms with van der Waals surface area (Å²) in [7, 11) is -1.45. The van der Waals surface area contributed by atoms with Crippen LogP contribution in [0.2, 0.25) is 0 Å². The zero-order valence-corrected chi connectivity index (χ0v) is 13.5. The van der Waals surface area contributed by atoms with Crippen LogP contribution < -0.4 is 5.32 Å². The van der Waals surface area contributed by atoms with Gasteiger partial charge in [0.25, 0.3) is 0 Å². The first-order chi connectivity index (χ1) is 9.36. The molecule has 1 aliphatic rings. The fraction of sp³-hybridized carbons (Fsp3) is 0.600. The van der Waals surface area contributed by atoms with Gasteiger partial charge < -0.3 is 5.32 Å². The van der Waals surface area contributed by atoms with Gasteiger partial charge in [-0.1, -0.05) is 17.7 Å². The molecule has 1 saturated heterocycles. The van der Waals surface area contributed by atoms with Crippen LogP contribution in [-0.2, 0) is 10.0 Å². The highest BCUT2D eigenvalue weighted by molar-refractivity contribution is 7.89. The second-order valence-corrected chi connectivity index (χ2v) is 7.68. The number of rotatable bonds is 4. The van der Waals surface area contributed by atoms with Crippen LogP contribution in [0.1, 0.15) is 23.1 Å². The summed E-state index contributed by atoms with van der Waals surface area (Å²) in [4.78, 5) is 0.494. The molecular formula is C15H24N2O2S. The summed E-state index contributed by atoms with van der Waals surface area (Å²) in [5.74, 6) is 0.417. The number of benzene rings is 1. The van der Waals surface area contributed by atoms with Crippen molar-refractivity contribution in [2.45, 2.75) is 32.1 Å². The molecule has 0 aromatic heterocycles. The van der Waals surface area contributed by atoms with Crippen molar-refractivity contribution in [3.8, 4) is 0 Å².